The van der Waals surface area contributed by atoms with Gasteiger partial charge in [0, 0.05) is 19.6 Å². The van der Waals surface area contributed by atoms with Crippen LogP contribution < -0.4 is 14.9 Å². The Morgan fingerprint density at radius 2 is 1.78 bits per heavy atom. The molecule has 9 nitrogen and oxygen atoms in total. The van der Waals surface area contributed by atoms with Crippen molar-refractivity contribution in [1.82, 2.24) is 15.0 Å². The van der Waals surface area contributed by atoms with Gasteiger partial charge in [0.1, 0.15) is 4.83 Å². The first-order valence-corrected chi connectivity index (χ1v) is 13.1. The molecule has 3 aromatic rings. The number of hydrogen-bond acceptors (Lipinski definition) is 9. The second-order valence-corrected chi connectivity index (χ2v) is 10.3. The zero-order valence-corrected chi connectivity index (χ0v) is 20.3. The summed E-state index contributed by atoms with van der Waals surface area (Å²) in [6.45, 7) is 7.92. The van der Waals surface area contributed by atoms with Crippen LogP contribution in [0.5, 0.6) is 0 Å². The van der Waals surface area contributed by atoms with E-state index in [2.05, 4.69) is 19.9 Å². The number of anilines is 1. The Labute approximate surface area is 194 Å². The minimum absolute atomic E-state index is 0.0500. The largest absolute Gasteiger partial charge is 0.450 e. The van der Waals surface area contributed by atoms with Crippen molar-refractivity contribution < 1.29 is 22.7 Å². The maximum atomic E-state index is 12.6. The van der Waals surface area contributed by atoms with Crippen LogP contribution in [0, 0.1) is 0 Å². The number of nitrogens with one attached hydrogen (secondary N) is 2. The number of fused-ring (bicyclic) bond motifs is 1. The lowest BCUT2D eigenvalue weighted by atomic mass is 10.2. The van der Waals surface area contributed by atoms with Crippen molar-refractivity contribution in [3.63, 3.8) is 0 Å². The second-order valence-electron chi connectivity index (χ2n) is 6.60. The van der Waals surface area contributed by atoms with Gasteiger partial charge in [-0.2, -0.15) is 0 Å². The summed E-state index contributed by atoms with van der Waals surface area (Å²) in [4.78, 5) is 31.5. The van der Waals surface area contributed by atoms with Gasteiger partial charge in [0.25, 0.3) is 15.9 Å². The number of alkyl carbamates (subject to hydrolysis) is 1. The van der Waals surface area contributed by atoms with E-state index in [4.69, 9.17) is 4.74 Å². The molecule has 0 saturated heterocycles. The Bertz CT molecular complexity index is 1170. The summed E-state index contributed by atoms with van der Waals surface area (Å²) >= 11 is 2.64. The summed E-state index contributed by atoms with van der Waals surface area (Å²) in [6.07, 6.45) is -0.550. The predicted molar refractivity (Wildman–Crippen MR) is 126 cm³/mol. The van der Waals surface area contributed by atoms with Crippen LogP contribution in [0.15, 0.2) is 35.2 Å². The summed E-state index contributed by atoms with van der Waals surface area (Å²) < 4.78 is 33.0. The molecule has 0 spiro atoms. The van der Waals surface area contributed by atoms with Crippen molar-refractivity contribution in [2.24, 2.45) is 0 Å². The molecule has 3 rings (SSSR count). The molecule has 0 fully saturated rings. The highest BCUT2D eigenvalue weighted by atomic mass is 32.2. The van der Waals surface area contributed by atoms with Gasteiger partial charge in [-0.1, -0.05) is 23.5 Å². The number of aromatic nitrogens is 1. The molecular weight excluding hydrogens is 472 g/mol. The average molecular weight is 497 g/mol. The molecule has 172 valence electrons. The Balaban J connectivity index is 1.67. The highest BCUT2D eigenvalue weighted by Gasteiger charge is 2.22. The number of ether oxygens (including phenoxy) is 1. The zero-order valence-electron chi connectivity index (χ0n) is 17.9. The van der Waals surface area contributed by atoms with Crippen LogP contribution in [-0.4, -0.2) is 45.1 Å². The molecule has 0 aliphatic rings. The third-order valence-electron chi connectivity index (χ3n) is 4.51. The van der Waals surface area contributed by atoms with Gasteiger partial charge in [0.2, 0.25) is 0 Å². The summed E-state index contributed by atoms with van der Waals surface area (Å²) in [6, 6.07) is 7.54. The number of hydrogen-bond donors (Lipinski definition) is 2. The molecule has 0 saturated carbocycles. The normalized spacial score (nSPS) is 11.3. The molecule has 0 unspecified atom stereocenters. The molecule has 2 N–H and O–H groups in total. The molecule has 0 aliphatic heterocycles. The molecule has 0 atom stereocenters. The minimum atomic E-state index is -4.04. The monoisotopic (exact) mass is 496 g/mol. The fraction of sp³-hybridized carbons (Fsp3) is 0.350. The Hall–Kier alpha value is -2.70. The molecule has 0 radical (unpaired) electrons. The number of sulfonamides is 1. The highest BCUT2D eigenvalue weighted by Crippen LogP contribution is 2.34. The van der Waals surface area contributed by atoms with Gasteiger partial charge in [-0.05, 0) is 44.5 Å². The second kappa shape index (κ2) is 10.3. The number of carbonyl (C=O) groups excluding carboxylic acids is 2. The van der Waals surface area contributed by atoms with Gasteiger partial charge in [-0.25, -0.2) is 22.9 Å². The molecule has 0 aliphatic carbocycles. The molecule has 12 heteroatoms. The number of rotatable bonds is 9. The quantitative estimate of drug-likeness (QED) is 0.465. The van der Waals surface area contributed by atoms with E-state index in [1.807, 2.05) is 13.8 Å². The SMILES string of the molecule is CCOC(=O)NCc1ccc(S(=O)(=O)NC(=O)c2cc3sc(N(CC)CC)nc3s2)cc1. The number of nitrogens with zero attached hydrogens (tertiary/aromatic N) is 2. The lowest BCUT2D eigenvalue weighted by Crippen LogP contribution is -2.30. The molecular formula is C20H24N4O5S3. The summed E-state index contributed by atoms with van der Waals surface area (Å²) in [7, 11) is -4.04. The lowest BCUT2D eigenvalue weighted by Gasteiger charge is -2.16. The summed E-state index contributed by atoms with van der Waals surface area (Å²) in [5, 5.41) is 3.44. The highest BCUT2D eigenvalue weighted by molar-refractivity contribution is 7.90. The van der Waals surface area contributed by atoms with Crippen LogP contribution in [-0.2, 0) is 21.3 Å². The van der Waals surface area contributed by atoms with Crippen LogP contribution in [0.2, 0.25) is 0 Å². The minimum Gasteiger partial charge on any atom is -0.450 e. The Kier molecular flexibility index (Phi) is 7.69. The smallest absolute Gasteiger partial charge is 0.407 e. The molecule has 0 bridgehead atoms. The van der Waals surface area contributed by atoms with E-state index in [1.54, 1.807) is 25.1 Å². The first kappa shape index (κ1) is 24.0. The Morgan fingerprint density at radius 1 is 1.09 bits per heavy atom. The van der Waals surface area contributed by atoms with Crippen LogP contribution in [0.1, 0.15) is 36.0 Å². The van der Waals surface area contributed by atoms with Gasteiger partial charge >= 0.3 is 6.09 Å². The number of amides is 2. The Morgan fingerprint density at radius 3 is 2.38 bits per heavy atom. The molecule has 1 aromatic carbocycles. The van der Waals surface area contributed by atoms with E-state index >= 15 is 0 Å². The molecule has 32 heavy (non-hydrogen) atoms. The van der Waals surface area contributed by atoms with E-state index in [9.17, 15) is 18.0 Å². The number of carbonyl (C=O) groups is 2. The lowest BCUT2D eigenvalue weighted by molar-refractivity contribution is 0.0985. The maximum absolute atomic E-state index is 12.6. The average Bonchev–Trinajstić information content (AvgIpc) is 3.33. The van der Waals surface area contributed by atoms with Gasteiger partial charge in [-0.15, -0.1) is 11.3 Å². The van der Waals surface area contributed by atoms with Crippen molar-refractivity contribution in [2.75, 3.05) is 24.6 Å². The van der Waals surface area contributed by atoms with E-state index < -0.39 is 22.0 Å². The fourth-order valence-corrected chi connectivity index (χ4v) is 6.10. The molecule has 2 heterocycles. The van der Waals surface area contributed by atoms with Gasteiger partial charge < -0.3 is 15.0 Å². The topological polar surface area (TPSA) is 118 Å². The van der Waals surface area contributed by atoms with Crippen LogP contribution in [0.25, 0.3) is 9.53 Å². The summed E-state index contributed by atoms with van der Waals surface area (Å²) in [5.74, 6) is -0.697. The van der Waals surface area contributed by atoms with Crippen molar-refractivity contribution in [1.29, 1.82) is 0 Å². The van der Waals surface area contributed by atoms with Crippen LogP contribution in [0.4, 0.5) is 9.93 Å². The zero-order chi connectivity index (χ0) is 23.3. The third-order valence-corrected chi connectivity index (χ3v) is 8.08. The number of benzene rings is 1. The fourth-order valence-electron chi connectivity index (χ4n) is 2.84. The van der Waals surface area contributed by atoms with Crippen molar-refractivity contribution in [3.8, 4) is 0 Å². The summed E-state index contributed by atoms with van der Waals surface area (Å²) in [5.41, 5.74) is 0.692. The first-order valence-electron chi connectivity index (χ1n) is 9.99. The van der Waals surface area contributed by atoms with Crippen molar-refractivity contribution in [3.05, 3.63) is 40.8 Å². The third kappa shape index (κ3) is 5.56. The van der Waals surface area contributed by atoms with Gasteiger partial charge in [0.15, 0.2) is 5.13 Å². The van der Waals surface area contributed by atoms with Crippen molar-refractivity contribution >= 4 is 59.4 Å². The first-order chi connectivity index (χ1) is 15.3. The van der Waals surface area contributed by atoms with E-state index in [-0.39, 0.29) is 22.9 Å². The van der Waals surface area contributed by atoms with Crippen molar-refractivity contribution in [2.45, 2.75) is 32.2 Å². The van der Waals surface area contributed by atoms with Crippen LogP contribution >= 0.6 is 22.7 Å². The predicted octanol–water partition coefficient (Wildman–Crippen LogP) is 3.57. The standard InChI is InChI=1S/C20H24N4O5S3/c1-4-24(5-2)19-22-18-16(31-19)11-15(30-18)17(25)23-32(27,28)14-9-7-13(8-10-14)12-21-20(26)29-6-3/h7-11H,4-6,12H2,1-3H3,(H,21,26)(H,23,25). The molecule has 2 aromatic heterocycles. The van der Waals surface area contributed by atoms with Gasteiger partial charge in [-0.3, -0.25) is 4.79 Å². The van der Waals surface area contributed by atoms with E-state index in [1.165, 1.54) is 23.5 Å². The molecule has 2 amide bonds. The van der Waals surface area contributed by atoms with E-state index in [0.717, 1.165) is 34.3 Å². The van der Waals surface area contributed by atoms with E-state index in [0.29, 0.717) is 10.4 Å². The van der Waals surface area contributed by atoms with Gasteiger partial charge in [0.05, 0.1) is 21.1 Å². The number of thiophene rings is 1. The number of thiazole rings is 1. The van der Waals surface area contributed by atoms with Crippen LogP contribution in [0.3, 0.4) is 0 Å². The maximum Gasteiger partial charge on any atom is 0.407 e.